The van der Waals surface area contributed by atoms with Gasteiger partial charge in [0.15, 0.2) is 0 Å². The van der Waals surface area contributed by atoms with Crippen LogP contribution in [0.4, 0.5) is 0 Å². The van der Waals surface area contributed by atoms with Crippen LogP contribution in [0, 0.1) is 5.92 Å². The van der Waals surface area contributed by atoms with E-state index in [4.69, 9.17) is 0 Å². The lowest BCUT2D eigenvalue weighted by Crippen LogP contribution is -2.47. The third kappa shape index (κ3) is 2.72. The molecule has 1 heterocycles. The number of amides is 1. The van der Waals surface area contributed by atoms with E-state index in [1.807, 2.05) is 25.5 Å². The molecule has 4 nitrogen and oxygen atoms in total. The summed E-state index contributed by atoms with van der Waals surface area (Å²) in [6, 6.07) is 0. The molecular weight excluding hydrogens is 246 g/mol. The molecule has 1 aliphatic carbocycles. The van der Waals surface area contributed by atoms with Crippen molar-refractivity contribution in [1.82, 2.24) is 15.6 Å². The van der Waals surface area contributed by atoms with Gasteiger partial charge in [0, 0.05) is 24.0 Å². The zero-order valence-electron chi connectivity index (χ0n) is 11.0. The van der Waals surface area contributed by atoms with Crippen molar-refractivity contribution in [2.75, 3.05) is 13.6 Å². The molecule has 0 radical (unpaired) electrons. The molecule has 0 spiro atoms. The van der Waals surface area contributed by atoms with Crippen LogP contribution >= 0.6 is 11.3 Å². The Morgan fingerprint density at radius 3 is 2.83 bits per heavy atom. The first kappa shape index (κ1) is 13.5. The Labute approximate surface area is 112 Å². The standard InChI is InChI=1S/C13H21N3OS/c1-10(9-14-2)11(17)16-13(5-3-4-6-13)12-15-7-8-18-12/h7-8,10,14H,3-6,9H2,1-2H3,(H,16,17). The van der Waals surface area contributed by atoms with Crippen molar-refractivity contribution in [3.8, 4) is 0 Å². The first-order chi connectivity index (χ1) is 8.68. The van der Waals surface area contributed by atoms with Crippen molar-refractivity contribution in [1.29, 1.82) is 0 Å². The number of nitrogens with zero attached hydrogens (tertiary/aromatic N) is 1. The molecule has 0 aliphatic heterocycles. The fourth-order valence-electron chi connectivity index (χ4n) is 2.59. The van der Waals surface area contributed by atoms with Gasteiger partial charge in [-0.3, -0.25) is 4.79 Å². The van der Waals surface area contributed by atoms with E-state index in [1.165, 1.54) is 12.8 Å². The Morgan fingerprint density at radius 2 is 2.28 bits per heavy atom. The number of carbonyl (C=O) groups is 1. The number of aromatic nitrogens is 1. The molecule has 1 amide bonds. The normalized spacial score (nSPS) is 19.7. The van der Waals surface area contributed by atoms with E-state index in [-0.39, 0.29) is 17.4 Å². The SMILES string of the molecule is CNCC(C)C(=O)NC1(c2nccs2)CCCC1. The van der Waals surface area contributed by atoms with Crippen molar-refractivity contribution < 1.29 is 4.79 Å². The summed E-state index contributed by atoms with van der Waals surface area (Å²) in [5, 5.41) is 9.34. The predicted octanol–water partition coefficient (Wildman–Crippen LogP) is 1.88. The third-order valence-electron chi connectivity index (χ3n) is 3.62. The van der Waals surface area contributed by atoms with Gasteiger partial charge in [-0.05, 0) is 19.9 Å². The Kier molecular flexibility index (Phi) is 4.35. The molecule has 1 aliphatic rings. The van der Waals surface area contributed by atoms with Gasteiger partial charge in [0.05, 0.1) is 5.54 Å². The molecule has 1 unspecified atom stereocenters. The van der Waals surface area contributed by atoms with Gasteiger partial charge in [-0.15, -0.1) is 11.3 Å². The van der Waals surface area contributed by atoms with Gasteiger partial charge in [-0.2, -0.15) is 0 Å². The van der Waals surface area contributed by atoms with Gasteiger partial charge >= 0.3 is 0 Å². The highest BCUT2D eigenvalue weighted by atomic mass is 32.1. The summed E-state index contributed by atoms with van der Waals surface area (Å²) in [6.45, 7) is 2.66. The lowest BCUT2D eigenvalue weighted by atomic mass is 9.97. The largest absolute Gasteiger partial charge is 0.344 e. The van der Waals surface area contributed by atoms with Crippen molar-refractivity contribution in [3.63, 3.8) is 0 Å². The molecule has 0 saturated heterocycles. The van der Waals surface area contributed by atoms with Crippen LogP contribution in [-0.4, -0.2) is 24.5 Å². The number of hydrogen-bond donors (Lipinski definition) is 2. The highest BCUT2D eigenvalue weighted by Crippen LogP contribution is 2.39. The highest BCUT2D eigenvalue weighted by molar-refractivity contribution is 7.09. The molecule has 1 atom stereocenters. The maximum absolute atomic E-state index is 12.2. The molecule has 1 aromatic heterocycles. The smallest absolute Gasteiger partial charge is 0.224 e. The zero-order chi connectivity index (χ0) is 13.0. The zero-order valence-corrected chi connectivity index (χ0v) is 11.8. The molecule has 1 fully saturated rings. The van der Waals surface area contributed by atoms with Crippen LogP contribution in [0.25, 0.3) is 0 Å². The number of nitrogens with one attached hydrogen (secondary N) is 2. The molecule has 0 aromatic carbocycles. The highest BCUT2D eigenvalue weighted by Gasteiger charge is 2.39. The second kappa shape index (κ2) is 5.80. The second-order valence-electron chi connectivity index (χ2n) is 5.07. The van der Waals surface area contributed by atoms with Crippen molar-refractivity contribution >= 4 is 17.2 Å². The van der Waals surface area contributed by atoms with Crippen LogP contribution < -0.4 is 10.6 Å². The fraction of sp³-hybridized carbons (Fsp3) is 0.692. The van der Waals surface area contributed by atoms with Gasteiger partial charge in [-0.25, -0.2) is 4.98 Å². The lowest BCUT2D eigenvalue weighted by molar-refractivity contribution is -0.126. The first-order valence-corrected chi connectivity index (χ1v) is 7.42. The van der Waals surface area contributed by atoms with Crippen LogP contribution in [-0.2, 0) is 10.3 Å². The Morgan fingerprint density at radius 1 is 1.56 bits per heavy atom. The van der Waals surface area contributed by atoms with Crippen molar-refractivity contribution in [2.24, 2.45) is 5.92 Å². The lowest BCUT2D eigenvalue weighted by Gasteiger charge is -2.29. The molecule has 100 valence electrons. The van der Waals surface area contributed by atoms with Crippen molar-refractivity contribution in [3.05, 3.63) is 16.6 Å². The average molecular weight is 267 g/mol. The summed E-state index contributed by atoms with van der Waals surface area (Å²) in [5.74, 6) is 0.119. The van der Waals surface area contributed by atoms with Gasteiger partial charge < -0.3 is 10.6 Å². The fourth-order valence-corrected chi connectivity index (χ4v) is 3.44. The van der Waals surface area contributed by atoms with Crippen LogP contribution in [0.2, 0.25) is 0 Å². The van der Waals surface area contributed by atoms with Gasteiger partial charge in [0.2, 0.25) is 5.91 Å². The summed E-state index contributed by atoms with van der Waals surface area (Å²) in [7, 11) is 1.87. The molecule has 0 bridgehead atoms. The van der Waals surface area contributed by atoms with Crippen molar-refractivity contribution in [2.45, 2.75) is 38.1 Å². The molecule has 2 N–H and O–H groups in total. The molecule has 1 aromatic rings. The quantitative estimate of drug-likeness (QED) is 0.856. The van der Waals surface area contributed by atoms with Crippen LogP contribution in [0.5, 0.6) is 0 Å². The van der Waals surface area contributed by atoms with Crippen LogP contribution in [0.3, 0.4) is 0 Å². The minimum Gasteiger partial charge on any atom is -0.344 e. The van der Waals surface area contributed by atoms with E-state index in [0.717, 1.165) is 17.8 Å². The van der Waals surface area contributed by atoms with Crippen LogP contribution in [0.15, 0.2) is 11.6 Å². The number of rotatable bonds is 5. The van der Waals surface area contributed by atoms with Gasteiger partial charge in [0.1, 0.15) is 5.01 Å². The molecule has 5 heteroatoms. The summed E-state index contributed by atoms with van der Waals surface area (Å²) in [5.41, 5.74) is -0.201. The van der Waals surface area contributed by atoms with Gasteiger partial charge in [-0.1, -0.05) is 19.8 Å². The number of carbonyl (C=O) groups excluding carboxylic acids is 1. The molecular formula is C13H21N3OS. The second-order valence-corrected chi connectivity index (χ2v) is 5.97. The Bertz CT molecular complexity index is 385. The minimum absolute atomic E-state index is 0.00700. The Hall–Kier alpha value is -0.940. The first-order valence-electron chi connectivity index (χ1n) is 6.54. The average Bonchev–Trinajstić information content (AvgIpc) is 3.00. The summed E-state index contributed by atoms with van der Waals surface area (Å²) >= 11 is 1.64. The maximum atomic E-state index is 12.2. The molecule has 1 saturated carbocycles. The minimum atomic E-state index is -0.201. The monoisotopic (exact) mass is 267 g/mol. The van der Waals surface area contributed by atoms with E-state index in [0.29, 0.717) is 6.54 Å². The number of hydrogen-bond acceptors (Lipinski definition) is 4. The van der Waals surface area contributed by atoms with Crippen LogP contribution in [0.1, 0.15) is 37.6 Å². The third-order valence-corrected chi connectivity index (χ3v) is 4.60. The van der Waals surface area contributed by atoms with E-state index in [1.54, 1.807) is 11.3 Å². The van der Waals surface area contributed by atoms with Gasteiger partial charge in [0.25, 0.3) is 0 Å². The summed E-state index contributed by atoms with van der Waals surface area (Å²) < 4.78 is 0. The van der Waals surface area contributed by atoms with E-state index < -0.39 is 0 Å². The summed E-state index contributed by atoms with van der Waals surface area (Å²) in [4.78, 5) is 16.6. The predicted molar refractivity (Wildman–Crippen MR) is 73.5 cm³/mol. The van der Waals surface area contributed by atoms with E-state index >= 15 is 0 Å². The maximum Gasteiger partial charge on any atom is 0.224 e. The summed E-state index contributed by atoms with van der Waals surface area (Å²) in [6.07, 6.45) is 6.18. The van der Waals surface area contributed by atoms with E-state index in [9.17, 15) is 4.79 Å². The van der Waals surface area contributed by atoms with E-state index in [2.05, 4.69) is 15.6 Å². The number of thiazole rings is 1. The topological polar surface area (TPSA) is 54.0 Å². The molecule has 18 heavy (non-hydrogen) atoms. The molecule has 2 rings (SSSR count). The Balaban J connectivity index is 2.10.